The number of hydrogen-bond donors (Lipinski definition) is 1. The van der Waals surface area contributed by atoms with Gasteiger partial charge in [0, 0.05) is 25.0 Å². The Morgan fingerprint density at radius 3 is 2.85 bits per heavy atom. The number of amides is 1. The molecule has 0 aromatic carbocycles. The van der Waals surface area contributed by atoms with Gasteiger partial charge in [-0.1, -0.05) is 0 Å². The van der Waals surface area contributed by atoms with Crippen molar-refractivity contribution in [3.8, 4) is 0 Å². The van der Waals surface area contributed by atoms with E-state index in [0.717, 1.165) is 6.54 Å². The lowest BCUT2D eigenvalue weighted by molar-refractivity contribution is -0.139. The fourth-order valence-corrected chi connectivity index (χ4v) is 1.83. The Labute approximate surface area is 78.6 Å². The van der Waals surface area contributed by atoms with Crippen molar-refractivity contribution in [1.82, 2.24) is 10.0 Å². The van der Waals surface area contributed by atoms with E-state index < -0.39 is 0 Å². The van der Waals surface area contributed by atoms with Gasteiger partial charge in [-0.2, -0.15) is 0 Å². The summed E-state index contributed by atoms with van der Waals surface area (Å²) in [6, 6.07) is 0.702. The van der Waals surface area contributed by atoms with Crippen LogP contribution in [0.2, 0.25) is 0 Å². The van der Waals surface area contributed by atoms with E-state index in [9.17, 15) is 4.79 Å². The van der Waals surface area contributed by atoms with E-state index in [1.54, 1.807) is 0 Å². The average molecular weight is 183 g/mol. The van der Waals surface area contributed by atoms with Gasteiger partial charge >= 0.3 is 0 Å². The zero-order valence-electron chi connectivity index (χ0n) is 8.07. The molecule has 2 N–H and O–H groups in total. The molecule has 13 heavy (non-hydrogen) atoms. The SMILES string of the molecule is CC(N)CN1C(=O)CCN1C1CC1. The maximum absolute atomic E-state index is 11.5. The van der Waals surface area contributed by atoms with Crippen molar-refractivity contribution < 1.29 is 4.79 Å². The quantitative estimate of drug-likeness (QED) is 0.667. The highest BCUT2D eigenvalue weighted by molar-refractivity contribution is 5.77. The predicted octanol–water partition coefficient (Wildman–Crippen LogP) is -0.0547. The highest BCUT2D eigenvalue weighted by Crippen LogP contribution is 2.31. The van der Waals surface area contributed by atoms with Crippen molar-refractivity contribution in [2.45, 2.75) is 38.3 Å². The topological polar surface area (TPSA) is 49.6 Å². The third-order valence-corrected chi connectivity index (χ3v) is 2.58. The maximum atomic E-state index is 11.5. The van der Waals surface area contributed by atoms with E-state index in [1.165, 1.54) is 12.8 Å². The first-order chi connectivity index (χ1) is 6.18. The summed E-state index contributed by atoms with van der Waals surface area (Å²) >= 11 is 0. The minimum Gasteiger partial charge on any atom is -0.326 e. The molecule has 4 heteroatoms. The molecule has 1 unspecified atom stereocenters. The van der Waals surface area contributed by atoms with Crippen molar-refractivity contribution in [3.05, 3.63) is 0 Å². The molecule has 0 spiro atoms. The molecule has 1 atom stereocenters. The van der Waals surface area contributed by atoms with E-state index in [-0.39, 0.29) is 11.9 Å². The number of nitrogens with two attached hydrogens (primary N) is 1. The Morgan fingerprint density at radius 2 is 2.31 bits per heavy atom. The molecule has 1 aliphatic carbocycles. The number of nitrogens with zero attached hydrogens (tertiary/aromatic N) is 2. The van der Waals surface area contributed by atoms with Crippen LogP contribution in [0, 0.1) is 0 Å². The third kappa shape index (κ3) is 1.84. The average Bonchev–Trinajstić information content (AvgIpc) is 2.81. The molecule has 0 aromatic rings. The van der Waals surface area contributed by atoms with Crippen LogP contribution >= 0.6 is 0 Å². The minimum absolute atomic E-state index is 0.0725. The lowest BCUT2D eigenvalue weighted by Gasteiger charge is -2.29. The standard InChI is InChI=1S/C9H17N3O/c1-7(10)6-12-9(13)4-5-11(12)8-2-3-8/h7-8H,2-6,10H2,1H3. The van der Waals surface area contributed by atoms with Gasteiger partial charge in [0.05, 0.1) is 6.54 Å². The summed E-state index contributed by atoms with van der Waals surface area (Å²) in [5, 5.41) is 4.05. The van der Waals surface area contributed by atoms with Crippen LogP contribution in [0.3, 0.4) is 0 Å². The van der Waals surface area contributed by atoms with E-state index in [1.807, 2.05) is 11.9 Å². The van der Waals surface area contributed by atoms with Gasteiger partial charge in [0.1, 0.15) is 0 Å². The second-order valence-corrected chi connectivity index (χ2v) is 4.10. The summed E-state index contributed by atoms with van der Waals surface area (Å²) < 4.78 is 0. The van der Waals surface area contributed by atoms with Crippen LogP contribution in [0.5, 0.6) is 0 Å². The molecule has 4 nitrogen and oxygen atoms in total. The highest BCUT2D eigenvalue weighted by Gasteiger charge is 2.39. The normalized spacial score (nSPS) is 26.9. The molecule has 2 fully saturated rings. The zero-order valence-corrected chi connectivity index (χ0v) is 8.07. The summed E-state index contributed by atoms with van der Waals surface area (Å²) in [4.78, 5) is 11.5. The van der Waals surface area contributed by atoms with Crippen LogP contribution in [-0.2, 0) is 4.79 Å². The Balaban J connectivity index is 1.98. The van der Waals surface area contributed by atoms with Crippen molar-refractivity contribution in [2.24, 2.45) is 5.73 Å². The van der Waals surface area contributed by atoms with Crippen LogP contribution in [-0.4, -0.2) is 41.1 Å². The molecule has 0 radical (unpaired) electrons. The van der Waals surface area contributed by atoms with Gasteiger partial charge in [0.25, 0.3) is 0 Å². The molecule has 0 aromatic heterocycles. The van der Waals surface area contributed by atoms with Crippen molar-refractivity contribution >= 4 is 5.91 Å². The highest BCUT2D eigenvalue weighted by atomic mass is 16.2. The van der Waals surface area contributed by atoms with Gasteiger partial charge in [-0.15, -0.1) is 0 Å². The number of carbonyl (C=O) groups excluding carboxylic acids is 1. The van der Waals surface area contributed by atoms with Crippen molar-refractivity contribution in [2.75, 3.05) is 13.1 Å². The minimum atomic E-state index is 0.0725. The lowest BCUT2D eigenvalue weighted by atomic mass is 10.3. The Kier molecular flexibility index (Phi) is 2.26. The Hall–Kier alpha value is -0.610. The molecular formula is C9H17N3O. The summed E-state index contributed by atoms with van der Waals surface area (Å²) in [6.07, 6.45) is 3.15. The molecular weight excluding hydrogens is 166 g/mol. The van der Waals surface area contributed by atoms with Crippen molar-refractivity contribution in [1.29, 1.82) is 0 Å². The molecule has 1 saturated heterocycles. The zero-order chi connectivity index (χ0) is 9.42. The molecule has 1 amide bonds. The van der Waals surface area contributed by atoms with E-state index in [4.69, 9.17) is 5.73 Å². The molecule has 1 saturated carbocycles. The van der Waals surface area contributed by atoms with E-state index in [2.05, 4.69) is 5.01 Å². The molecule has 2 rings (SSSR count). The summed E-state index contributed by atoms with van der Waals surface area (Å²) in [7, 11) is 0. The summed E-state index contributed by atoms with van der Waals surface area (Å²) in [5.74, 6) is 0.240. The molecule has 1 aliphatic heterocycles. The number of hydrazine groups is 1. The third-order valence-electron chi connectivity index (χ3n) is 2.58. The smallest absolute Gasteiger partial charge is 0.238 e. The first-order valence-corrected chi connectivity index (χ1v) is 5.01. The van der Waals surface area contributed by atoms with Gasteiger partial charge in [-0.25, -0.2) is 5.01 Å². The van der Waals surface area contributed by atoms with Crippen LogP contribution in [0.25, 0.3) is 0 Å². The lowest BCUT2D eigenvalue weighted by Crippen LogP contribution is -2.46. The second-order valence-electron chi connectivity index (χ2n) is 4.10. The number of hydrogen-bond acceptors (Lipinski definition) is 3. The van der Waals surface area contributed by atoms with Crippen molar-refractivity contribution in [3.63, 3.8) is 0 Å². The van der Waals surface area contributed by atoms with Crippen LogP contribution < -0.4 is 5.73 Å². The molecule has 1 heterocycles. The maximum Gasteiger partial charge on any atom is 0.238 e. The first kappa shape index (κ1) is 8.97. The van der Waals surface area contributed by atoms with Gasteiger partial charge < -0.3 is 5.73 Å². The molecule has 2 aliphatic rings. The number of carbonyl (C=O) groups is 1. The fraction of sp³-hybridized carbons (Fsp3) is 0.889. The van der Waals surface area contributed by atoms with E-state index in [0.29, 0.717) is 19.0 Å². The second kappa shape index (κ2) is 3.27. The Bertz CT molecular complexity index is 213. The van der Waals surface area contributed by atoms with Gasteiger partial charge in [0.2, 0.25) is 5.91 Å². The van der Waals surface area contributed by atoms with Gasteiger partial charge in [0.15, 0.2) is 0 Å². The van der Waals surface area contributed by atoms with Crippen LogP contribution in [0.15, 0.2) is 0 Å². The fourth-order valence-electron chi connectivity index (χ4n) is 1.83. The monoisotopic (exact) mass is 183 g/mol. The van der Waals surface area contributed by atoms with Gasteiger partial charge in [-0.3, -0.25) is 9.80 Å². The molecule has 74 valence electrons. The van der Waals surface area contributed by atoms with Crippen LogP contribution in [0.1, 0.15) is 26.2 Å². The predicted molar refractivity (Wildman–Crippen MR) is 49.7 cm³/mol. The largest absolute Gasteiger partial charge is 0.326 e. The van der Waals surface area contributed by atoms with Gasteiger partial charge in [-0.05, 0) is 19.8 Å². The first-order valence-electron chi connectivity index (χ1n) is 5.01. The van der Waals surface area contributed by atoms with Crippen LogP contribution in [0.4, 0.5) is 0 Å². The Morgan fingerprint density at radius 1 is 1.62 bits per heavy atom. The molecule has 0 bridgehead atoms. The number of rotatable bonds is 3. The van der Waals surface area contributed by atoms with E-state index >= 15 is 0 Å². The summed E-state index contributed by atoms with van der Waals surface area (Å²) in [6.45, 7) is 3.52. The summed E-state index contributed by atoms with van der Waals surface area (Å²) in [5.41, 5.74) is 5.70.